The van der Waals surface area contributed by atoms with Gasteiger partial charge in [-0.2, -0.15) is 0 Å². The average Bonchev–Trinajstić information content (AvgIpc) is 3.64. The molecule has 1 aliphatic rings. The van der Waals surface area contributed by atoms with Crippen LogP contribution in [0.25, 0.3) is 16.9 Å². The average molecular weight is 996 g/mol. The van der Waals surface area contributed by atoms with Crippen molar-refractivity contribution in [3.05, 3.63) is 86.5 Å². The quantitative estimate of drug-likeness (QED) is 0.0359. The van der Waals surface area contributed by atoms with E-state index >= 15 is 0 Å². The fourth-order valence-corrected chi connectivity index (χ4v) is 11.1. The minimum atomic E-state index is 0.853. The van der Waals surface area contributed by atoms with E-state index in [1.807, 2.05) is 0 Å². The molecule has 73 heavy (non-hydrogen) atoms. The molecule has 408 valence electrons. The summed E-state index contributed by atoms with van der Waals surface area (Å²) >= 11 is 0. The van der Waals surface area contributed by atoms with Crippen molar-refractivity contribution in [3.63, 3.8) is 0 Å². The van der Waals surface area contributed by atoms with E-state index in [1.165, 1.54) is 263 Å². The summed E-state index contributed by atoms with van der Waals surface area (Å²) in [6, 6.07) is 14.3. The molecule has 0 amide bonds. The molecule has 0 unspecified atom stereocenters. The first-order chi connectivity index (χ1) is 36.0. The first-order valence-electron chi connectivity index (χ1n) is 32.1. The minimum Gasteiger partial charge on any atom is -0.493 e. The maximum Gasteiger partial charge on any atom is 0.211 e. The number of allylic oxidation sites excluding steroid dienone is 2. The Balaban J connectivity index is 1.66. The van der Waals surface area contributed by atoms with Crippen molar-refractivity contribution in [2.45, 2.75) is 330 Å². The second kappa shape index (κ2) is 43.8. The van der Waals surface area contributed by atoms with Crippen LogP contribution in [0.2, 0.25) is 0 Å². The zero-order valence-electron chi connectivity index (χ0n) is 49.2. The first kappa shape index (κ1) is 63.9. The van der Waals surface area contributed by atoms with E-state index in [4.69, 9.17) is 0 Å². The van der Waals surface area contributed by atoms with Crippen LogP contribution in [0.5, 0.6) is 0 Å². The molecule has 3 rings (SSSR count). The number of hydrogen-bond acceptors (Lipinski definition) is 0. The summed E-state index contributed by atoms with van der Waals surface area (Å²) in [6.07, 6.45) is 57.1. The Labute approximate surface area is 454 Å². The summed E-state index contributed by atoms with van der Waals surface area (Å²) in [5.74, 6) is 14.3. The van der Waals surface area contributed by atoms with Crippen LogP contribution in [-0.4, -0.2) is 4.70 Å². The summed E-state index contributed by atoms with van der Waals surface area (Å²) in [5.41, 5.74) is 25.1. The highest BCUT2D eigenvalue weighted by atomic mass is 15.2. The lowest BCUT2D eigenvalue weighted by atomic mass is 9.91. The summed E-state index contributed by atoms with van der Waals surface area (Å²) in [6.45, 7) is 13.8. The fraction of sp³-hybridized carbons (Fsp3) is 0.718. The zero-order chi connectivity index (χ0) is 52.2. The van der Waals surface area contributed by atoms with E-state index < -0.39 is 0 Å². The van der Waals surface area contributed by atoms with Gasteiger partial charge in [-0.3, -0.25) is 0 Å². The van der Waals surface area contributed by atoms with Crippen molar-refractivity contribution in [1.29, 1.82) is 0 Å². The van der Waals surface area contributed by atoms with Crippen LogP contribution >= 0.6 is 0 Å². The molecule has 2 nitrogen and oxygen atoms in total. The molecule has 0 saturated heterocycles. The van der Waals surface area contributed by atoms with E-state index in [1.54, 1.807) is 4.70 Å². The van der Waals surface area contributed by atoms with Crippen LogP contribution in [0.3, 0.4) is 0 Å². The van der Waals surface area contributed by atoms with Gasteiger partial charge in [-0.1, -0.05) is 258 Å². The van der Waals surface area contributed by atoms with Gasteiger partial charge in [0.15, 0.2) is 0 Å². The molecule has 2 heteroatoms. The van der Waals surface area contributed by atoms with Crippen molar-refractivity contribution in [1.82, 2.24) is 0 Å². The fourth-order valence-electron chi connectivity index (χ4n) is 11.1. The highest BCUT2D eigenvalue weighted by molar-refractivity contribution is 5.83. The molecular weight excluding hydrogens is 881 g/mol. The van der Waals surface area contributed by atoms with Gasteiger partial charge in [0.1, 0.15) is 0 Å². The number of unbranched alkanes of at least 4 members (excludes halogenated alkanes) is 33. The molecular formula is C71H114N2. The number of aryl methyl sites for hydroxylation is 4. The van der Waals surface area contributed by atoms with E-state index in [-0.39, 0.29) is 0 Å². The van der Waals surface area contributed by atoms with Crippen molar-refractivity contribution in [3.8, 4) is 23.7 Å². The zero-order valence-corrected chi connectivity index (χ0v) is 49.2. The SMILES string of the molecule is CCCCCCCCCCCCCCCCC#CCCc1ccc(CCCCC)cc1C1=C(C)C(CCCC)=C(c2cc(CCCCC)ccc2CCC#CCCCCCCCCCCCCCCCC)[N+]1=[N-]. The Morgan fingerprint density at radius 3 is 1.01 bits per heavy atom. The third-order valence-electron chi connectivity index (χ3n) is 15.9. The van der Waals surface area contributed by atoms with Crippen LogP contribution in [0.1, 0.15) is 338 Å². The van der Waals surface area contributed by atoms with E-state index in [2.05, 4.69) is 102 Å². The Hall–Kier alpha value is -3.36. The van der Waals surface area contributed by atoms with Crippen LogP contribution in [0.4, 0.5) is 0 Å². The van der Waals surface area contributed by atoms with Crippen LogP contribution in [-0.2, 0) is 25.7 Å². The van der Waals surface area contributed by atoms with Gasteiger partial charge in [0.05, 0.1) is 0 Å². The predicted octanol–water partition coefficient (Wildman–Crippen LogP) is 23.1. The summed E-state index contributed by atoms with van der Waals surface area (Å²) in [7, 11) is 0. The Kier molecular flexibility index (Phi) is 38.4. The molecule has 0 atom stereocenters. The normalized spacial score (nSPS) is 12.5. The Morgan fingerprint density at radius 2 is 0.644 bits per heavy atom. The molecule has 0 spiro atoms. The monoisotopic (exact) mass is 995 g/mol. The van der Waals surface area contributed by atoms with Gasteiger partial charge < -0.3 is 5.53 Å². The standard InChI is InChI=1S/C71H114N2/c1-7-12-17-19-21-23-25-27-29-31-33-35-37-39-41-43-45-49-53-65-58-56-63(51-47-14-9-3)60-68(65)70-62(6)67(55-16-11-5)71(73(70)72)69-61-64(52-48-15-10-4)57-59-66(69)54-50-46-44-42-40-38-36-34-32-30-28-26-24-22-20-18-13-8-2/h56-61H,7-42,47-55H2,1-6H3. The molecule has 1 aliphatic heterocycles. The van der Waals surface area contributed by atoms with Gasteiger partial charge in [0.2, 0.25) is 11.4 Å². The largest absolute Gasteiger partial charge is 0.493 e. The van der Waals surface area contributed by atoms with Crippen molar-refractivity contribution < 1.29 is 4.70 Å². The second-order valence-electron chi connectivity index (χ2n) is 22.5. The third-order valence-corrected chi connectivity index (χ3v) is 15.9. The number of rotatable bonds is 45. The Bertz CT molecular complexity index is 1930. The maximum absolute atomic E-state index is 12.8. The van der Waals surface area contributed by atoms with E-state index in [9.17, 15) is 5.53 Å². The third kappa shape index (κ3) is 27.8. The van der Waals surface area contributed by atoms with Gasteiger partial charge in [0, 0.05) is 48.0 Å². The lowest BCUT2D eigenvalue weighted by molar-refractivity contribution is -0.345. The molecule has 0 aliphatic carbocycles. The summed E-state index contributed by atoms with van der Waals surface area (Å²) in [4.78, 5) is 0. The molecule has 2 aromatic rings. The van der Waals surface area contributed by atoms with Crippen molar-refractivity contribution in [2.75, 3.05) is 0 Å². The molecule has 2 aromatic carbocycles. The maximum atomic E-state index is 12.8. The molecule has 0 saturated carbocycles. The number of hydrogen-bond donors (Lipinski definition) is 0. The topological polar surface area (TPSA) is 25.3 Å². The van der Waals surface area contributed by atoms with Gasteiger partial charge in [0.25, 0.3) is 0 Å². The van der Waals surface area contributed by atoms with Crippen LogP contribution < -0.4 is 0 Å². The van der Waals surface area contributed by atoms with E-state index in [0.29, 0.717) is 0 Å². The number of nitrogens with zero attached hydrogens (tertiary/aromatic N) is 2. The Morgan fingerprint density at radius 1 is 0.329 bits per heavy atom. The molecule has 0 fully saturated rings. The highest BCUT2D eigenvalue weighted by Gasteiger charge is 2.35. The molecule has 0 bridgehead atoms. The summed E-state index contributed by atoms with van der Waals surface area (Å²) < 4.78 is 1.63. The lowest BCUT2D eigenvalue weighted by Crippen LogP contribution is -2.08. The predicted molar refractivity (Wildman–Crippen MR) is 324 cm³/mol. The molecule has 1 heterocycles. The minimum absolute atomic E-state index is 0.853. The second-order valence-corrected chi connectivity index (χ2v) is 22.5. The van der Waals surface area contributed by atoms with Gasteiger partial charge in [-0.15, -0.1) is 23.7 Å². The van der Waals surface area contributed by atoms with E-state index in [0.717, 1.165) is 82.0 Å². The summed E-state index contributed by atoms with van der Waals surface area (Å²) in [5, 5.41) is 0. The lowest BCUT2D eigenvalue weighted by Gasteiger charge is -2.16. The smallest absolute Gasteiger partial charge is 0.211 e. The van der Waals surface area contributed by atoms with Gasteiger partial charge in [-0.05, 0) is 106 Å². The van der Waals surface area contributed by atoms with Crippen LogP contribution in [0.15, 0.2) is 47.5 Å². The highest BCUT2D eigenvalue weighted by Crippen LogP contribution is 2.44. The van der Waals surface area contributed by atoms with Gasteiger partial charge in [-0.25, -0.2) is 4.70 Å². The van der Waals surface area contributed by atoms with Crippen molar-refractivity contribution in [2.24, 2.45) is 0 Å². The molecule has 0 aromatic heterocycles. The molecule has 0 radical (unpaired) electrons. The number of benzene rings is 2. The molecule has 0 N–H and O–H groups in total. The van der Waals surface area contributed by atoms with Gasteiger partial charge >= 0.3 is 0 Å². The first-order valence-corrected chi connectivity index (χ1v) is 32.1. The van der Waals surface area contributed by atoms with Crippen LogP contribution in [0, 0.1) is 23.7 Å². The van der Waals surface area contributed by atoms with Crippen molar-refractivity contribution >= 4 is 11.4 Å².